The van der Waals surface area contributed by atoms with Crippen LogP contribution in [0.3, 0.4) is 0 Å². The molecule has 0 saturated heterocycles. The fourth-order valence-electron chi connectivity index (χ4n) is 1.41. The van der Waals surface area contributed by atoms with Gasteiger partial charge in [-0.15, -0.1) is 0 Å². The van der Waals surface area contributed by atoms with Gasteiger partial charge in [-0.25, -0.2) is 23.1 Å². The topological polar surface area (TPSA) is 89.8 Å². The molecule has 0 amide bonds. The summed E-state index contributed by atoms with van der Waals surface area (Å²) in [5, 5.41) is 3.91. The number of aromatic nitrogens is 4. The van der Waals surface area contributed by atoms with Crippen LogP contribution in [-0.2, 0) is 23.6 Å². The van der Waals surface area contributed by atoms with Gasteiger partial charge < -0.3 is 0 Å². The van der Waals surface area contributed by atoms with Gasteiger partial charge in [0.05, 0.1) is 22.9 Å². The first kappa shape index (κ1) is 14.1. The van der Waals surface area contributed by atoms with Crippen LogP contribution in [0.5, 0.6) is 0 Å². The van der Waals surface area contributed by atoms with E-state index < -0.39 is 10.0 Å². The van der Waals surface area contributed by atoms with Gasteiger partial charge in [-0.2, -0.15) is 5.10 Å². The molecule has 0 radical (unpaired) electrons. The Balaban J connectivity index is 2.14. The van der Waals surface area contributed by atoms with E-state index in [1.54, 1.807) is 26.4 Å². The Morgan fingerprint density at radius 3 is 2.47 bits per heavy atom. The maximum atomic E-state index is 12.1. The summed E-state index contributed by atoms with van der Waals surface area (Å²) in [6, 6.07) is 0. The van der Waals surface area contributed by atoms with E-state index in [0.717, 1.165) is 4.47 Å². The molecular formula is C10H12BrN5O2S. The molecule has 2 aromatic heterocycles. The summed E-state index contributed by atoms with van der Waals surface area (Å²) in [6.07, 6.45) is 4.44. The second-order valence-corrected chi connectivity index (χ2v) is 6.51. The van der Waals surface area contributed by atoms with E-state index in [-0.39, 0.29) is 11.4 Å². The first-order chi connectivity index (χ1) is 8.90. The van der Waals surface area contributed by atoms with Crippen LogP contribution < -0.4 is 4.72 Å². The van der Waals surface area contributed by atoms with E-state index >= 15 is 0 Å². The van der Waals surface area contributed by atoms with Crippen LogP contribution in [0.4, 0.5) is 0 Å². The van der Waals surface area contributed by atoms with E-state index in [2.05, 4.69) is 35.7 Å². The molecule has 0 aromatic carbocycles. The van der Waals surface area contributed by atoms with Crippen LogP contribution in [0.15, 0.2) is 28.0 Å². The van der Waals surface area contributed by atoms with Gasteiger partial charge in [-0.05, 0) is 22.9 Å². The van der Waals surface area contributed by atoms with Crippen molar-refractivity contribution in [3.8, 4) is 0 Å². The summed E-state index contributed by atoms with van der Waals surface area (Å²) in [5.74, 6) is 0.397. The van der Waals surface area contributed by atoms with Gasteiger partial charge in [0, 0.05) is 19.4 Å². The lowest BCUT2D eigenvalue weighted by Gasteiger charge is -2.05. The van der Waals surface area contributed by atoms with Crippen molar-refractivity contribution >= 4 is 26.0 Å². The molecule has 0 unspecified atom stereocenters. The second-order valence-electron chi connectivity index (χ2n) is 3.86. The van der Waals surface area contributed by atoms with Gasteiger partial charge in [0.15, 0.2) is 0 Å². The van der Waals surface area contributed by atoms with Gasteiger partial charge in [-0.1, -0.05) is 0 Å². The van der Waals surface area contributed by atoms with Crippen LogP contribution >= 0.6 is 15.9 Å². The van der Waals surface area contributed by atoms with Crippen molar-refractivity contribution < 1.29 is 8.42 Å². The highest BCUT2D eigenvalue weighted by atomic mass is 79.9. The third kappa shape index (κ3) is 3.17. The largest absolute Gasteiger partial charge is 0.272 e. The molecule has 0 aliphatic rings. The Labute approximate surface area is 119 Å². The molecular weight excluding hydrogens is 334 g/mol. The molecule has 0 aliphatic heterocycles. The first-order valence-corrected chi connectivity index (χ1v) is 7.62. The second kappa shape index (κ2) is 5.35. The molecule has 0 spiro atoms. The predicted molar refractivity (Wildman–Crippen MR) is 71.7 cm³/mol. The number of hydrogen-bond acceptors (Lipinski definition) is 5. The molecule has 0 atom stereocenters. The standard InChI is InChI=1S/C10H12BrN5O2S/c1-7-9(5-14-16(7)2)19(17,18)15-6-10-12-3-8(11)4-13-10/h3-5,15H,6H2,1-2H3. The van der Waals surface area contributed by atoms with Crippen molar-refractivity contribution in [3.05, 3.63) is 34.6 Å². The normalized spacial score (nSPS) is 11.7. The maximum Gasteiger partial charge on any atom is 0.244 e. The highest BCUT2D eigenvalue weighted by Crippen LogP contribution is 2.13. The molecule has 102 valence electrons. The van der Waals surface area contributed by atoms with E-state index in [1.165, 1.54) is 10.9 Å². The quantitative estimate of drug-likeness (QED) is 0.883. The van der Waals surface area contributed by atoms with Gasteiger partial charge in [0.2, 0.25) is 10.0 Å². The van der Waals surface area contributed by atoms with E-state index in [9.17, 15) is 8.42 Å². The van der Waals surface area contributed by atoms with Crippen molar-refractivity contribution in [2.24, 2.45) is 7.05 Å². The van der Waals surface area contributed by atoms with Gasteiger partial charge in [-0.3, -0.25) is 4.68 Å². The molecule has 2 aromatic rings. The minimum atomic E-state index is -3.60. The number of sulfonamides is 1. The number of halogens is 1. The lowest BCUT2D eigenvalue weighted by atomic mass is 10.5. The molecule has 0 bridgehead atoms. The Bertz CT molecular complexity index is 680. The molecule has 0 saturated carbocycles. The van der Waals surface area contributed by atoms with E-state index in [1.807, 2.05) is 0 Å². The number of nitrogens with zero attached hydrogens (tertiary/aromatic N) is 4. The highest BCUT2D eigenvalue weighted by Gasteiger charge is 2.19. The Hall–Kier alpha value is -1.32. The third-order valence-corrected chi connectivity index (χ3v) is 4.49. The molecule has 2 rings (SSSR count). The Morgan fingerprint density at radius 1 is 1.32 bits per heavy atom. The maximum absolute atomic E-state index is 12.1. The summed E-state index contributed by atoms with van der Waals surface area (Å²) in [4.78, 5) is 8.15. The number of nitrogens with one attached hydrogen (secondary N) is 1. The third-order valence-electron chi connectivity index (χ3n) is 2.57. The minimum absolute atomic E-state index is 0.0317. The average Bonchev–Trinajstić information content (AvgIpc) is 2.70. The van der Waals surface area contributed by atoms with Crippen molar-refractivity contribution in [1.29, 1.82) is 0 Å². The Morgan fingerprint density at radius 2 is 1.95 bits per heavy atom. The molecule has 1 N–H and O–H groups in total. The molecule has 19 heavy (non-hydrogen) atoms. The monoisotopic (exact) mass is 345 g/mol. The summed E-state index contributed by atoms with van der Waals surface area (Å²) in [5.41, 5.74) is 0.573. The van der Waals surface area contributed by atoms with Crippen LogP contribution in [0.25, 0.3) is 0 Å². The minimum Gasteiger partial charge on any atom is -0.272 e. The van der Waals surface area contributed by atoms with Crippen molar-refractivity contribution in [2.75, 3.05) is 0 Å². The van der Waals surface area contributed by atoms with Gasteiger partial charge in [0.1, 0.15) is 10.7 Å². The molecule has 0 fully saturated rings. The van der Waals surface area contributed by atoms with Crippen molar-refractivity contribution in [3.63, 3.8) is 0 Å². The summed E-state index contributed by atoms with van der Waals surface area (Å²) >= 11 is 3.21. The lowest BCUT2D eigenvalue weighted by molar-refractivity contribution is 0.578. The highest BCUT2D eigenvalue weighted by molar-refractivity contribution is 9.10. The first-order valence-electron chi connectivity index (χ1n) is 5.35. The fourth-order valence-corrected chi connectivity index (χ4v) is 2.80. The average molecular weight is 346 g/mol. The van der Waals surface area contributed by atoms with Crippen LogP contribution in [-0.4, -0.2) is 28.2 Å². The zero-order chi connectivity index (χ0) is 14.0. The molecule has 0 aliphatic carbocycles. The Kier molecular flexibility index (Phi) is 3.97. The van der Waals surface area contributed by atoms with Crippen molar-refractivity contribution in [1.82, 2.24) is 24.5 Å². The smallest absolute Gasteiger partial charge is 0.244 e. The number of aryl methyl sites for hydroxylation is 1. The van der Waals surface area contributed by atoms with Crippen LogP contribution in [0.2, 0.25) is 0 Å². The van der Waals surface area contributed by atoms with E-state index in [0.29, 0.717) is 11.5 Å². The molecule has 7 nitrogen and oxygen atoms in total. The zero-order valence-corrected chi connectivity index (χ0v) is 12.7. The molecule has 9 heteroatoms. The predicted octanol–water partition coefficient (Wildman–Crippen LogP) is 0.760. The summed E-state index contributed by atoms with van der Waals surface area (Å²) in [7, 11) is -1.92. The van der Waals surface area contributed by atoms with Crippen LogP contribution in [0.1, 0.15) is 11.5 Å². The SMILES string of the molecule is Cc1c(S(=O)(=O)NCc2ncc(Br)cn2)cnn1C. The summed E-state index contributed by atoms with van der Waals surface area (Å²) in [6.45, 7) is 1.72. The van der Waals surface area contributed by atoms with Gasteiger partial charge >= 0.3 is 0 Å². The summed E-state index contributed by atoms with van der Waals surface area (Å²) < 4.78 is 28.8. The van der Waals surface area contributed by atoms with Crippen LogP contribution in [0, 0.1) is 6.92 Å². The van der Waals surface area contributed by atoms with Gasteiger partial charge in [0.25, 0.3) is 0 Å². The number of rotatable bonds is 4. The lowest BCUT2D eigenvalue weighted by Crippen LogP contribution is -2.24. The zero-order valence-electron chi connectivity index (χ0n) is 10.3. The fraction of sp³-hybridized carbons (Fsp3) is 0.300. The number of hydrogen-bond donors (Lipinski definition) is 1. The van der Waals surface area contributed by atoms with E-state index in [4.69, 9.17) is 0 Å². The van der Waals surface area contributed by atoms with Crippen molar-refractivity contribution in [2.45, 2.75) is 18.4 Å². The molecule has 2 heterocycles.